The minimum absolute atomic E-state index is 0.123. The van der Waals surface area contributed by atoms with Gasteiger partial charge in [-0.05, 0) is 37.4 Å². The summed E-state index contributed by atoms with van der Waals surface area (Å²) in [6.45, 7) is 4.36. The number of carbonyl (C=O) groups is 2. The predicted molar refractivity (Wildman–Crippen MR) is 76.5 cm³/mol. The van der Waals surface area contributed by atoms with Crippen LogP contribution in [0.25, 0.3) is 0 Å². The van der Waals surface area contributed by atoms with Gasteiger partial charge in [-0.3, -0.25) is 14.6 Å². The summed E-state index contributed by atoms with van der Waals surface area (Å²) < 4.78 is 5.53. The van der Waals surface area contributed by atoms with E-state index in [0.29, 0.717) is 19.0 Å². The first-order valence-electron chi connectivity index (χ1n) is 7.51. The van der Waals surface area contributed by atoms with Crippen LogP contribution < -0.4 is 5.32 Å². The van der Waals surface area contributed by atoms with Gasteiger partial charge in [0.25, 0.3) is 0 Å². The summed E-state index contributed by atoms with van der Waals surface area (Å²) >= 11 is 0. The number of furan rings is 1. The molecule has 2 fully saturated rings. The second-order valence-corrected chi connectivity index (χ2v) is 5.91. The molecule has 114 valence electrons. The zero-order valence-electron chi connectivity index (χ0n) is 12.2. The molecule has 3 amide bonds. The van der Waals surface area contributed by atoms with E-state index in [4.69, 9.17) is 4.42 Å². The summed E-state index contributed by atoms with van der Waals surface area (Å²) in [5.74, 6) is 1.39. The summed E-state index contributed by atoms with van der Waals surface area (Å²) in [4.78, 5) is 27.3. The molecule has 0 radical (unpaired) electrons. The lowest BCUT2D eigenvalue weighted by Gasteiger charge is -2.37. The number of amides is 3. The van der Waals surface area contributed by atoms with Crippen molar-refractivity contribution in [2.24, 2.45) is 5.92 Å². The molecule has 0 aliphatic carbocycles. The zero-order chi connectivity index (χ0) is 14.8. The Labute approximate surface area is 124 Å². The molecule has 1 aromatic heterocycles. The smallest absolute Gasteiger partial charge is 0.324 e. The van der Waals surface area contributed by atoms with E-state index in [2.05, 4.69) is 17.1 Å². The number of hydrogen-bond acceptors (Lipinski definition) is 4. The van der Waals surface area contributed by atoms with Crippen molar-refractivity contribution in [2.45, 2.75) is 25.8 Å². The van der Waals surface area contributed by atoms with Crippen molar-refractivity contribution >= 4 is 11.9 Å². The topological polar surface area (TPSA) is 65.8 Å². The quantitative estimate of drug-likeness (QED) is 0.918. The van der Waals surface area contributed by atoms with Crippen LogP contribution in [-0.2, 0) is 4.79 Å². The maximum absolute atomic E-state index is 12.3. The second kappa shape index (κ2) is 5.89. The first-order valence-corrected chi connectivity index (χ1v) is 7.51. The normalized spacial score (nSPS) is 26.9. The fourth-order valence-electron chi connectivity index (χ4n) is 3.12. The maximum Gasteiger partial charge on any atom is 0.324 e. The van der Waals surface area contributed by atoms with Gasteiger partial charge in [0.1, 0.15) is 5.76 Å². The molecule has 0 bridgehead atoms. The molecule has 6 heteroatoms. The molecule has 0 spiro atoms. The largest absolute Gasteiger partial charge is 0.468 e. The molecule has 6 nitrogen and oxygen atoms in total. The lowest BCUT2D eigenvalue weighted by atomic mass is 9.91. The molecule has 2 atom stereocenters. The van der Waals surface area contributed by atoms with Crippen molar-refractivity contribution in [2.75, 3.05) is 26.2 Å². The Morgan fingerprint density at radius 3 is 3.00 bits per heavy atom. The highest BCUT2D eigenvalue weighted by Crippen LogP contribution is 2.34. The van der Waals surface area contributed by atoms with E-state index in [0.717, 1.165) is 25.1 Å². The van der Waals surface area contributed by atoms with Gasteiger partial charge in [0.05, 0.1) is 18.8 Å². The molecule has 21 heavy (non-hydrogen) atoms. The van der Waals surface area contributed by atoms with Gasteiger partial charge in [0.15, 0.2) is 0 Å². The van der Waals surface area contributed by atoms with Crippen LogP contribution in [0.2, 0.25) is 0 Å². The van der Waals surface area contributed by atoms with E-state index < -0.39 is 0 Å². The number of rotatable bonds is 3. The van der Waals surface area contributed by atoms with Crippen LogP contribution in [0, 0.1) is 5.92 Å². The van der Waals surface area contributed by atoms with Crippen LogP contribution in [0.3, 0.4) is 0 Å². The molecule has 0 aromatic carbocycles. The summed E-state index contributed by atoms with van der Waals surface area (Å²) in [7, 11) is 0. The summed E-state index contributed by atoms with van der Waals surface area (Å²) in [6, 6.07) is 3.68. The fourth-order valence-corrected chi connectivity index (χ4v) is 3.12. The monoisotopic (exact) mass is 291 g/mol. The van der Waals surface area contributed by atoms with E-state index >= 15 is 0 Å². The van der Waals surface area contributed by atoms with Gasteiger partial charge < -0.3 is 9.73 Å². The maximum atomic E-state index is 12.3. The molecule has 0 saturated carbocycles. The first kappa shape index (κ1) is 14.1. The van der Waals surface area contributed by atoms with Crippen molar-refractivity contribution in [1.82, 2.24) is 15.1 Å². The van der Waals surface area contributed by atoms with E-state index in [1.54, 1.807) is 6.26 Å². The molecule has 2 saturated heterocycles. The second-order valence-electron chi connectivity index (χ2n) is 5.91. The van der Waals surface area contributed by atoms with Crippen LogP contribution in [-0.4, -0.2) is 47.9 Å². The fraction of sp³-hybridized carbons (Fsp3) is 0.600. The summed E-state index contributed by atoms with van der Waals surface area (Å²) in [5.41, 5.74) is 0. The molecule has 3 rings (SSSR count). The van der Waals surface area contributed by atoms with Crippen LogP contribution >= 0.6 is 0 Å². The Hall–Kier alpha value is -1.82. The Balaban J connectivity index is 1.70. The lowest BCUT2D eigenvalue weighted by molar-refractivity contribution is -0.130. The highest BCUT2D eigenvalue weighted by Gasteiger charge is 2.33. The minimum atomic E-state index is -0.278. The summed E-state index contributed by atoms with van der Waals surface area (Å²) in [6.07, 6.45) is 3.71. The Morgan fingerprint density at radius 2 is 2.33 bits per heavy atom. The van der Waals surface area contributed by atoms with Gasteiger partial charge in [-0.15, -0.1) is 0 Å². The number of nitrogens with zero attached hydrogens (tertiary/aromatic N) is 2. The lowest BCUT2D eigenvalue weighted by Crippen LogP contribution is -2.45. The standard InChI is InChI=1S/C15H21N3O3/c1-11-4-6-17(12(9-11)13-3-2-8-21-13)10-14(19)18-7-5-16-15(18)20/h2-3,8,11-12H,4-7,9-10H2,1H3,(H,16,20)/t11-,12+/m0/s1. The van der Waals surface area contributed by atoms with Gasteiger partial charge in [0, 0.05) is 13.1 Å². The van der Waals surface area contributed by atoms with Crippen LogP contribution in [0.5, 0.6) is 0 Å². The van der Waals surface area contributed by atoms with Crippen LogP contribution in [0.15, 0.2) is 22.8 Å². The molecule has 0 unspecified atom stereocenters. The van der Waals surface area contributed by atoms with Gasteiger partial charge in [-0.2, -0.15) is 0 Å². The average Bonchev–Trinajstić information content (AvgIpc) is 3.11. The highest BCUT2D eigenvalue weighted by atomic mass is 16.3. The van der Waals surface area contributed by atoms with Crippen molar-refractivity contribution in [3.8, 4) is 0 Å². The molecular formula is C15H21N3O3. The van der Waals surface area contributed by atoms with E-state index in [-0.39, 0.29) is 24.5 Å². The van der Waals surface area contributed by atoms with Gasteiger partial charge in [0.2, 0.25) is 5.91 Å². The van der Waals surface area contributed by atoms with E-state index in [1.165, 1.54) is 4.90 Å². The Bertz CT molecular complexity index is 514. The SMILES string of the molecule is C[C@H]1CCN(CC(=O)N2CCNC2=O)[C@@H](c2ccco2)C1. The number of likely N-dealkylation sites (tertiary alicyclic amines) is 1. The molecule has 1 aromatic rings. The van der Waals surface area contributed by atoms with Crippen LogP contribution in [0.1, 0.15) is 31.6 Å². The third kappa shape index (κ3) is 2.95. The number of carbonyl (C=O) groups excluding carboxylic acids is 2. The third-order valence-electron chi connectivity index (χ3n) is 4.34. The molecule has 3 heterocycles. The predicted octanol–water partition coefficient (Wildman–Crippen LogP) is 1.60. The van der Waals surface area contributed by atoms with Crippen LogP contribution in [0.4, 0.5) is 4.79 Å². The number of imide groups is 1. The summed E-state index contributed by atoms with van der Waals surface area (Å²) in [5, 5.41) is 2.66. The zero-order valence-corrected chi connectivity index (χ0v) is 12.2. The van der Waals surface area contributed by atoms with Crippen molar-refractivity contribution in [3.63, 3.8) is 0 Å². The highest BCUT2D eigenvalue weighted by molar-refractivity contribution is 5.96. The number of urea groups is 1. The third-order valence-corrected chi connectivity index (χ3v) is 4.34. The van der Waals surface area contributed by atoms with Gasteiger partial charge in [-0.25, -0.2) is 4.79 Å². The van der Waals surface area contributed by atoms with Crippen molar-refractivity contribution < 1.29 is 14.0 Å². The Kier molecular flexibility index (Phi) is 3.96. The van der Waals surface area contributed by atoms with Gasteiger partial charge >= 0.3 is 6.03 Å². The van der Waals surface area contributed by atoms with Crippen molar-refractivity contribution in [3.05, 3.63) is 24.2 Å². The molecule has 2 aliphatic heterocycles. The molecule has 1 N–H and O–H groups in total. The minimum Gasteiger partial charge on any atom is -0.468 e. The molecular weight excluding hydrogens is 270 g/mol. The number of nitrogens with one attached hydrogen (secondary N) is 1. The van der Waals surface area contributed by atoms with E-state index in [1.807, 2.05) is 12.1 Å². The van der Waals surface area contributed by atoms with Crippen molar-refractivity contribution in [1.29, 1.82) is 0 Å². The average molecular weight is 291 g/mol. The number of hydrogen-bond donors (Lipinski definition) is 1. The van der Waals surface area contributed by atoms with Gasteiger partial charge in [-0.1, -0.05) is 6.92 Å². The molecule has 2 aliphatic rings. The van der Waals surface area contributed by atoms with E-state index in [9.17, 15) is 9.59 Å². The Morgan fingerprint density at radius 1 is 1.48 bits per heavy atom. The first-order chi connectivity index (χ1) is 10.1. The number of piperidine rings is 1.